The van der Waals surface area contributed by atoms with E-state index in [9.17, 15) is 0 Å². The van der Waals surface area contributed by atoms with Crippen LogP contribution in [0.3, 0.4) is 0 Å². The topological polar surface area (TPSA) is 30.9 Å². The normalized spacial score (nSPS) is 14.8. The number of nitrogens with zero attached hydrogens (tertiary/aromatic N) is 3. The van der Waals surface area contributed by atoms with E-state index in [4.69, 9.17) is 4.99 Å². The number of anilines is 1. The SMILES string of the molecule is CCNC(=NCc1cccc(N(C)C)c1)N1CCCC1.I. The summed E-state index contributed by atoms with van der Waals surface area (Å²) in [5.74, 6) is 1.06. The van der Waals surface area contributed by atoms with Crippen LogP contribution >= 0.6 is 24.0 Å². The Kier molecular flexibility index (Phi) is 7.85. The van der Waals surface area contributed by atoms with Crippen LogP contribution in [0.15, 0.2) is 29.3 Å². The minimum atomic E-state index is 0. The van der Waals surface area contributed by atoms with Crippen LogP contribution in [0.2, 0.25) is 0 Å². The molecular formula is C16H27IN4. The van der Waals surface area contributed by atoms with E-state index in [0.717, 1.165) is 32.1 Å². The smallest absolute Gasteiger partial charge is 0.194 e. The summed E-state index contributed by atoms with van der Waals surface area (Å²) in [6, 6.07) is 8.57. The van der Waals surface area contributed by atoms with Crippen molar-refractivity contribution < 1.29 is 0 Å². The molecule has 0 unspecified atom stereocenters. The van der Waals surface area contributed by atoms with Gasteiger partial charge in [0.2, 0.25) is 0 Å². The summed E-state index contributed by atoms with van der Waals surface area (Å²) in [4.78, 5) is 9.26. The molecule has 118 valence electrons. The molecule has 0 bridgehead atoms. The van der Waals surface area contributed by atoms with Crippen molar-refractivity contribution in [3.05, 3.63) is 29.8 Å². The van der Waals surface area contributed by atoms with E-state index in [1.807, 2.05) is 0 Å². The maximum absolute atomic E-state index is 4.78. The molecule has 1 aliphatic rings. The number of aliphatic imine (C=N–C) groups is 1. The zero-order valence-electron chi connectivity index (χ0n) is 13.3. The molecule has 1 aromatic rings. The lowest BCUT2D eigenvalue weighted by Gasteiger charge is -2.20. The highest BCUT2D eigenvalue weighted by atomic mass is 127. The van der Waals surface area contributed by atoms with Crippen molar-refractivity contribution in [2.75, 3.05) is 38.6 Å². The predicted molar refractivity (Wildman–Crippen MR) is 102 cm³/mol. The van der Waals surface area contributed by atoms with Crippen molar-refractivity contribution in [3.63, 3.8) is 0 Å². The molecule has 0 atom stereocenters. The van der Waals surface area contributed by atoms with Gasteiger partial charge in [-0.05, 0) is 37.5 Å². The third kappa shape index (κ3) is 5.37. The van der Waals surface area contributed by atoms with Crippen molar-refractivity contribution in [1.82, 2.24) is 10.2 Å². The Morgan fingerprint density at radius 2 is 2.00 bits per heavy atom. The summed E-state index contributed by atoms with van der Waals surface area (Å²) >= 11 is 0. The first kappa shape index (κ1) is 18.1. The average molecular weight is 402 g/mol. The van der Waals surface area contributed by atoms with Crippen LogP contribution in [0.25, 0.3) is 0 Å². The molecular weight excluding hydrogens is 375 g/mol. The van der Waals surface area contributed by atoms with Gasteiger partial charge in [0.1, 0.15) is 0 Å². The van der Waals surface area contributed by atoms with Crippen LogP contribution in [0.4, 0.5) is 5.69 Å². The third-order valence-corrected chi connectivity index (χ3v) is 3.58. The van der Waals surface area contributed by atoms with Crippen molar-refractivity contribution in [3.8, 4) is 0 Å². The number of nitrogens with one attached hydrogen (secondary N) is 1. The number of benzene rings is 1. The highest BCUT2D eigenvalue weighted by Crippen LogP contribution is 2.14. The molecule has 1 heterocycles. The summed E-state index contributed by atoms with van der Waals surface area (Å²) < 4.78 is 0. The molecule has 1 aliphatic heterocycles. The molecule has 0 aromatic heterocycles. The highest BCUT2D eigenvalue weighted by Gasteiger charge is 2.15. The van der Waals surface area contributed by atoms with Gasteiger partial charge in [-0.3, -0.25) is 0 Å². The molecule has 0 amide bonds. The molecule has 1 fully saturated rings. The maximum Gasteiger partial charge on any atom is 0.194 e. The Hall–Kier alpha value is -0.980. The minimum absolute atomic E-state index is 0. The van der Waals surface area contributed by atoms with Crippen molar-refractivity contribution in [1.29, 1.82) is 0 Å². The summed E-state index contributed by atoms with van der Waals surface area (Å²) in [6.07, 6.45) is 2.56. The fraction of sp³-hybridized carbons (Fsp3) is 0.562. The lowest BCUT2D eigenvalue weighted by Crippen LogP contribution is -2.39. The summed E-state index contributed by atoms with van der Waals surface area (Å²) in [6.45, 7) is 6.04. The van der Waals surface area contributed by atoms with Gasteiger partial charge in [0.05, 0.1) is 6.54 Å². The van der Waals surface area contributed by atoms with Gasteiger partial charge in [-0.25, -0.2) is 4.99 Å². The van der Waals surface area contributed by atoms with Crippen LogP contribution in [-0.4, -0.2) is 44.6 Å². The van der Waals surface area contributed by atoms with Crippen molar-refractivity contribution in [2.45, 2.75) is 26.3 Å². The van der Waals surface area contributed by atoms with Gasteiger partial charge in [-0.2, -0.15) is 0 Å². The monoisotopic (exact) mass is 402 g/mol. The second-order valence-corrected chi connectivity index (χ2v) is 5.43. The number of likely N-dealkylation sites (tertiary alicyclic amines) is 1. The first-order valence-corrected chi connectivity index (χ1v) is 7.50. The molecule has 21 heavy (non-hydrogen) atoms. The lowest BCUT2D eigenvalue weighted by atomic mass is 10.2. The van der Waals surface area contributed by atoms with Crippen LogP contribution in [0, 0.1) is 0 Å². The van der Waals surface area contributed by atoms with E-state index in [2.05, 4.69) is 60.4 Å². The van der Waals surface area contributed by atoms with E-state index in [0.29, 0.717) is 0 Å². The van der Waals surface area contributed by atoms with E-state index in [-0.39, 0.29) is 24.0 Å². The summed E-state index contributed by atoms with van der Waals surface area (Å²) in [5.41, 5.74) is 2.48. The molecule has 1 N–H and O–H groups in total. The van der Waals surface area contributed by atoms with Gasteiger partial charge in [0.25, 0.3) is 0 Å². The number of rotatable bonds is 4. The molecule has 1 aromatic carbocycles. The summed E-state index contributed by atoms with van der Waals surface area (Å²) in [7, 11) is 4.13. The molecule has 2 rings (SSSR count). The number of guanidine groups is 1. The lowest BCUT2D eigenvalue weighted by molar-refractivity contribution is 0.493. The fourth-order valence-corrected chi connectivity index (χ4v) is 2.45. The molecule has 0 saturated carbocycles. The standard InChI is InChI=1S/C16H26N4.HI/c1-4-17-16(20-10-5-6-11-20)18-13-14-8-7-9-15(12-14)19(2)3;/h7-9,12H,4-6,10-11,13H2,1-3H3,(H,17,18);1H. The molecule has 0 radical (unpaired) electrons. The third-order valence-electron chi connectivity index (χ3n) is 3.58. The first-order chi connectivity index (χ1) is 9.70. The van der Waals surface area contributed by atoms with E-state index < -0.39 is 0 Å². The van der Waals surface area contributed by atoms with Gasteiger partial charge < -0.3 is 15.1 Å². The average Bonchev–Trinajstić information content (AvgIpc) is 2.97. The summed E-state index contributed by atoms with van der Waals surface area (Å²) in [5, 5.41) is 3.40. The molecule has 4 nitrogen and oxygen atoms in total. The zero-order valence-corrected chi connectivity index (χ0v) is 15.6. The number of hydrogen-bond acceptors (Lipinski definition) is 2. The van der Waals surface area contributed by atoms with Crippen LogP contribution < -0.4 is 10.2 Å². The maximum atomic E-state index is 4.78. The molecule has 1 saturated heterocycles. The Bertz CT molecular complexity index is 453. The van der Waals surface area contributed by atoms with Gasteiger partial charge in [-0.1, -0.05) is 12.1 Å². The largest absolute Gasteiger partial charge is 0.378 e. The molecule has 0 aliphatic carbocycles. The fourth-order valence-electron chi connectivity index (χ4n) is 2.45. The number of hydrogen-bond donors (Lipinski definition) is 1. The van der Waals surface area contributed by atoms with Gasteiger partial charge in [-0.15, -0.1) is 24.0 Å². The van der Waals surface area contributed by atoms with E-state index in [1.54, 1.807) is 0 Å². The first-order valence-electron chi connectivity index (χ1n) is 7.50. The highest BCUT2D eigenvalue weighted by molar-refractivity contribution is 14.0. The van der Waals surface area contributed by atoms with Gasteiger partial charge >= 0.3 is 0 Å². The van der Waals surface area contributed by atoms with Gasteiger partial charge in [0.15, 0.2) is 5.96 Å². The minimum Gasteiger partial charge on any atom is -0.378 e. The second-order valence-electron chi connectivity index (χ2n) is 5.43. The van der Waals surface area contributed by atoms with Crippen LogP contribution in [-0.2, 0) is 6.54 Å². The molecule has 5 heteroatoms. The van der Waals surface area contributed by atoms with Crippen LogP contribution in [0.1, 0.15) is 25.3 Å². The number of halogens is 1. The van der Waals surface area contributed by atoms with Gasteiger partial charge in [0, 0.05) is 39.4 Å². The Balaban J connectivity index is 0.00000220. The molecule has 0 spiro atoms. The Labute approximate surface area is 145 Å². The second kappa shape index (κ2) is 9.12. The van der Waals surface area contributed by atoms with E-state index in [1.165, 1.54) is 24.1 Å². The van der Waals surface area contributed by atoms with E-state index >= 15 is 0 Å². The van der Waals surface area contributed by atoms with Crippen molar-refractivity contribution >= 4 is 35.6 Å². The Morgan fingerprint density at radius 1 is 1.29 bits per heavy atom. The van der Waals surface area contributed by atoms with Crippen LogP contribution in [0.5, 0.6) is 0 Å². The Morgan fingerprint density at radius 3 is 2.62 bits per heavy atom. The predicted octanol–water partition coefficient (Wildman–Crippen LogP) is 2.93. The zero-order chi connectivity index (χ0) is 14.4. The quantitative estimate of drug-likeness (QED) is 0.478. The van der Waals surface area contributed by atoms with Crippen molar-refractivity contribution in [2.24, 2.45) is 4.99 Å².